The average Bonchev–Trinajstić information content (AvgIpc) is 2.46. The number of hydrogen-bond donors (Lipinski definition) is 2. The van der Waals surface area contributed by atoms with Crippen molar-refractivity contribution in [2.75, 3.05) is 10.7 Å². The first kappa shape index (κ1) is 8.80. The molecule has 1 atom stereocenters. The molecule has 74 valence electrons. The summed E-state index contributed by atoms with van der Waals surface area (Å²) in [6.07, 6.45) is 2.14. The maximum absolute atomic E-state index is 11.1. The fraction of sp³-hybridized carbons (Fsp3) is 0.333. The second-order valence-electron chi connectivity index (χ2n) is 3.37. The first-order valence-corrected chi connectivity index (χ1v) is 4.47. The molecule has 1 aromatic rings. The van der Waals surface area contributed by atoms with Crippen LogP contribution in [0.4, 0.5) is 11.5 Å². The monoisotopic (exact) mass is 192 g/mol. The summed E-state index contributed by atoms with van der Waals surface area (Å²) in [6.45, 7) is 1.95. The third kappa shape index (κ3) is 1.37. The van der Waals surface area contributed by atoms with Crippen LogP contribution in [-0.2, 0) is 4.79 Å². The quantitative estimate of drug-likeness (QED) is 0.671. The molecule has 0 saturated carbocycles. The van der Waals surface area contributed by atoms with E-state index in [9.17, 15) is 4.79 Å². The zero-order valence-corrected chi connectivity index (χ0v) is 7.90. The van der Waals surface area contributed by atoms with Crippen LogP contribution >= 0.6 is 0 Å². The number of hydrazine groups is 1. The van der Waals surface area contributed by atoms with Gasteiger partial charge in [0.1, 0.15) is 0 Å². The average molecular weight is 192 g/mol. The summed E-state index contributed by atoms with van der Waals surface area (Å²) in [5, 5.41) is 1.71. The number of hydrogen-bond acceptors (Lipinski definition) is 4. The molecule has 0 spiro atoms. The number of nitrogens with two attached hydrogens (primary N) is 1. The summed E-state index contributed by atoms with van der Waals surface area (Å²) >= 11 is 0. The van der Waals surface area contributed by atoms with Crippen molar-refractivity contribution in [2.45, 2.75) is 19.4 Å². The van der Waals surface area contributed by atoms with E-state index >= 15 is 0 Å². The van der Waals surface area contributed by atoms with E-state index in [1.807, 2.05) is 6.92 Å². The number of nitrogens with one attached hydrogen (secondary N) is 1. The van der Waals surface area contributed by atoms with E-state index in [0.29, 0.717) is 17.9 Å². The molecule has 1 aliphatic heterocycles. The molecule has 3 N–H and O–H groups in total. The first-order chi connectivity index (χ1) is 6.68. The highest BCUT2D eigenvalue weighted by atomic mass is 16.2. The highest BCUT2D eigenvalue weighted by molar-refractivity contribution is 5.83. The van der Waals surface area contributed by atoms with Crippen LogP contribution in [0.25, 0.3) is 0 Å². The van der Waals surface area contributed by atoms with Crippen molar-refractivity contribution in [1.82, 2.24) is 10.4 Å². The minimum absolute atomic E-state index is 0.00236. The number of amides is 1. The number of nitrogens with zero attached hydrogens (tertiary/aromatic N) is 2. The number of carbonyl (C=O) groups excluding carboxylic acids is 1. The van der Waals surface area contributed by atoms with Gasteiger partial charge in [-0.05, 0) is 19.1 Å². The molecule has 5 heteroatoms. The minimum Gasteiger partial charge on any atom is -0.396 e. The molecule has 2 rings (SSSR count). The molecule has 0 bridgehead atoms. The van der Waals surface area contributed by atoms with Crippen LogP contribution in [0.15, 0.2) is 18.3 Å². The van der Waals surface area contributed by atoms with Crippen molar-refractivity contribution in [2.24, 2.45) is 0 Å². The SMILES string of the molecule is CC1CC(=O)NN1c1ncccc1N. The van der Waals surface area contributed by atoms with Crippen LogP contribution in [0.3, 0.4) is 0 Å². The van der Waals surface area contributed by atoms with E-state index in [4.69, 9.17) is 5.73 Å². The van der Waals surface area contributed by atoms with Gasteiger partial charge in [-0.25, -0.2) is 4.98 Å². The van der Waals surface area contributed by atoms with Crippen LogP contribution in [0, 0.1) is 0 Å². The van der Waals surface area contributed by atoms with Crippen LogP contribution in [0.5, 0.6) is 0 Å². The van der Waals surface area contributed by atoms with Gasteiger partial charge in [0.2, 0.25) is 5.91 Å². The Hall–Kier alpha value is -1.78. The molecule has 2 heterocycles. The van der Waals surface area contributed by atoms with Gasteiger partial charge in [0.05, 0.1) is 18.2 Å². The van der Waals surface area contributed by atoms with Crippen molar-refractivity contribution in [3.8, 4) is 0 Å². The molecule has 0 aromatic carbocycles. The smallest absolute Gasteiger partial charge is 0.240 e. The number of rotatable bonds is 1. The lowest BCUT2D eigenvalue weighted by atomic mass is 10.2. The van der Waals surface area contributed by atoms with E-state index < -0.39 is 0 Å². The normalized spacial score (nSPS) is 21.1. The van der Waals surface area contributed by atoms with Crippen molar-refractivity contribution in [3.63, 3.8) is 0 Å². The van der Waals surface area contributed by atoms with Crippen LogP contribution in [0.1, 0.15) is 13.3 Å². The third-order valence-corrected chi connectivity index (χ3v) is 2.21. The number of anilines is 2. The Kier molecular flexibility index (Phi) is 1.99. The van der Waals surface area contributed by atoms with Gasteiger partial charge in [0.15, 0.2) is 5.82 Å². The molecule has 1 fully saturated rings. The van der Waals surface area contributed by atoms with E-state index in [2.05, 4.69) is 10.4 Å². The molecule has 1 amide bonds. The molecule has 0 radical (unpaired) electrons. The number of nitrogen functional groups attached to an aromatic ring is 1. The summed E-state index contributed by atoms with van der Waals surface area (Å²) in [6, 6.07) is 3.63. The molecular formula is C9H12N4O. The Labute approximate surface area is 81.9 Å². The lowest BCUT2D eigenvalue weighted by Gasteiger charge is -2.22. The Balaban J connectivity index is 2.32. The van der Waals surface area contributed by atoms with Crippen LogP contribution < -0.4 is 16.2 Å². The number of pyridine rings is 1. The van der Waals surface area contributed by atoms with Crippen LogP contribution in [-0.4, -0.2) is 16.9 Å². The Morgan fingerprint density at radius 3 is 3.07 bits per heavy atom. The largest absolute Gasteiger partial charge is 0.396 e. The second kappa shape index (κ2) is 3.17. The number of carbonyl (C=O) groups is 1. The van der Waals surface area contributed by atoms with Crippen molar-refractivity contribution < 1.29 is 4.79 Å². The highest BCUT2D eigenvalue weighted by Gasteiger charge is 2.28. The molecular weight excluding hydrogens is 180 g/mol. The fourth-order valence-corrected chi connectivity index (χ4v) is 1.52. The Bertz CT molecular complexity index is 366. The highest BCUT2D eigenvalue weighted by Crippen LogP contribution is 2.23. The van der Waals surface area contributed by atoms with Gasteiger partial charge in [-0.1, -0.05) is 0 Å². The van der Waals surface area contributed by atoms with Crippen molar-refractivity contribution in [3.05, 3.63) is 18.3 Å². The summed E-state index contributed by atoms with van der Waals surface area (Å²) in [5.74, 6) is 0.619. The van der Waals surface area contributed by atoms with Gasteiger partial charge in [0, 0.05) is 6.20 Å². The molecule has 0 aliphatic carbocycles. The molecule has 5 nitrogen and oxygen atoms in total. The molecule has 1 aliphatic rings. The molecule has 1 aromatic heterocycles. The Morgan fingerprint density at radius 1 is 1.71 bits per heavy atom. The van der Waals surface area contributed by atoms with Crippen molar-refractivity contribution in [1.29, 1.82) is 0 Å². The summed E-state index contributed by atoms with van der Waals surface area (Å²) in [4.78, 5) is 15.3. The maximum atomic E-state index is 11.1. The summed E-state index contributed by atoms with van der Waals surface area (Å²) in [5.41, 5.74) is 9.04. The van der Waals surface area contributed by atoms with Gasteiger partial charge >= 0.3 is 0 Å². The van der Waals surface area contributed by atoms with E-state index in [0.717, 1.165) is 0 Å². The predicted octanol–water partition coefficient (Wildman–Crippen LogP) is 0.294. The molecule has 1 saturated heterocycles. The van der Waals surface area contributed by atoms with Gasteiger partial charge in [0.25, 0.3) is 0 Å². The Morgan fingerprint density at radius 2 is 2.50 bits per heavy atom. The van der Waals surface area contributed by atoms with Gasteiger partial charge in [-0.2, -0.15) is 0 Å². The second-order valence-corrected chi connectivity index (χ2v) is 3.37. The van der Waals surface area contributed by atoms with Gasteiger partial charge in [-0.3, -0.25) is 15.2 Å². The zero-order valence-electron chi connectivity index (χ0n) is 7.90. The van der Waals surface area contributed by atoms with Gasteiger partial charge in [-0.15, -0.1) is 0 Å². The zero-order chi connectivity index (χ0) is 10.1. The molecule has 14 heavy (non-hydrogen) atoms. The van der Waals surface area contributed by atoms with E-state index in [-0.39, 0.29) is 11.9 Å². The van der Waals surface area contributed by atoms with E-state index in [1.165, 1.54) is 0 Å². The standard InChI is InChI=1S/C9H12N4O/c1-6-5-8(14)12-13(6)9-7(10)3-2-4-11-9/h2-4,6H,5,10H2,1H3,(H,12,14). The minimum atomic E-state index is 0.00236. The van der Waals surface area contributed by atoms with Crippen LogP contribution in [0.2, 0.25) is 0 Å². The summed E-state index contributed by atoms with van der Waals surface area (Å²) in [7, 11) is 0. The number of aromatic nitrogens is 1. The lowest BCUT2D eigenvalue weighted by Crippen LogP contribution is -2.38. The lowest BCUT2D eigenvalue weighted by molar-refractivity contribution is -0.119. The van der Waals surface area contributed by atoms with E-state index in [1.54, 1.807) is 23.3 Å². The van der Waals surface area contributed by atoms with Crippen molar-refractivity contribution >= 4 is 17.4 Å². The summed E-state index contributed by atoms with van der Waals surface area (Å²) < 4.78 is 0. The molecule has 1 unspecified atom stereocenters. The van der Waals surface area contributed by atoms with Gasteiger partial charge < -0.3 is 5.73 Å². The topological polar surface area (TPSA) is 71.2 Å². The maximum Gasteiger partial charge on any atom is 0.240 e. The fourth-order valence-electron chi connectivity index (χ4n) is 1.52. The first-order valence-electron chi connectivity index (χ1n) is 4.47. The predicted molar refractivity (Wildman–Crippen MR) is 53.4 cm³/mol. The third-order valence-electron chi connectivity index (χ3n) is 2.21.